The number of aryl methyl sites for hydroxylation is 1. The molecule has 0 N–H and O–H groups in total. The van der Waals surface area contributed by atoms with Gasteiger partial charge < -0.3 is 0 Å². The number of hydrogen-bond donors (Lipinski definition) is 0. The van der Waals surface area contributed by atoms with Gasteiger partial charge in [-0.25, -0.2) is 0 Å². The first-order valence-corrected chi connectivity index (χ1v) is 4.68. The fourth-order valence-electron chi connectivity index (χ4n) is 2.01. The highest BCUT2D eigenvalue weighted by Gasteiger charge is 2.24. The van der Waals surface area contributed by atoms with Crippen molar-refractivity contribution in [1.82, 2.24) is 0 Å². The molecule has 0 fully saturated rings. The second kappa shape index (κ2) is 2.68. The Morgan fingerprint density at radius 2 is 2.14 bits per heavy atom. The van der Waals surface area contributed by atoms with Crippen LogP contribution in [0.2, 0.25) is 0 Å². The standard InChI is InChI=1S/C13H12N/c1-10-6-7-13-12-5-3-2-4-11(12)9-14(13)8-10/h2-8H,9H2,1H3/q+1/i1D3. The number of benzene rings is 1. The van der Waals surface area contributed by atoms with E-state index in [2.05, 4.69) is 12.1 Å². The van der Waals surface area contributed by atoms with Gasteiger partial charge in [-0.3, -0.25) is 0 Å². The Balaban J connectivity index is 2.13. The molecule has 1 nitrogen and oxygen atoms in total. The molecular weight excluding hydrogens is 170 g/mol. The minimum Gasteiger partial charge on any atom is -0.194 e. The highest BCUT2D eigenvalue weighted by Crippen LogP contribution is 2.25. The van der Waals surface area contributed by atoms with Crippen LogP contribution in [0.25, 0.3) is 11.3 Å². The van der Waals surface area contributed by atoms with Crippen molar-refractivity contribution in [3.05, 3.63) is 53.7 Å². The number of aromatic nitrogens is 1. The van der Waals surface area contributed by atoms with Gasteiger partial charge in [-0.2, -0.15) is 4.57 Å². The van der Waals surface area contributed by atoms with E-state index in [9.17, 15) is 0 Å². The van der Waals surface area contributed by atoms with E-state index in [-0.39, 0.29) is 0 Å². The van der Waals surface area contributed by atoms with Crippen molar-refractivity contribution >= 4 is 0 Å². The lowest BCUT2D eigenvalue weighted by Gasteiger charge is -1.93. The quantitative estimate of drug-likeness (QED) is 0.473. The Morgan fingerprint density at radius 1 is 1.21 bits per heavy atom. The minimum absolute atomic E-state index is 0.397. The van der Waals surface area contributed by atoms with Gasteiger partial charge in [0.2, 0.25) is 5.69 Å². The van der Waals surface area contributed by atoms with Gasteiger partial charge in [0.25, 0.3) is 0 Å². The van der Waals surface area contributed by atoms with Crippen molar-refractivity contribution in [2.45, 2.75) is 13.4 Å². The molecule has 1 aromatic heterocycles. The molecule has 0 amide bonds. The summed E-state index contributed by atoms with van der Waals surface area (Å²) >= 11 is 0. The summed E-state index contributed by atoms with van der Waals surface area (Å²) in [6, 6.07) is 11.8. The zero-order valence-electron chi connectivity index (χ0n) is 10.7. The molecular formula is C13H12N+. The Morgan fingerprint density at radius 3 is 3.07 bits per heavy atom. The van der Waals surface area contributed by atoms with Crippen LogP contribution in [-0.2, 0) is 6.54 Å². The number of fused-ring (bicyclic) bond motifs is 3. The molecule has 0 spiro atoms. The average Bonchev–Trinajstić information content (AvgIpc) is 2.65. The van der Waals surface area contributed by atoms with Crippen LogP contribution in [0.1, 0.15) is 15.2 Å². The van der Waals surface area contributed by atoms with Gasteiger partial charge in [0.05, 0.1) is 5.56 Å². The van der Waals surface area contributed by atoms with Gasteiger partial charge >= 0.3 is 0 Å². The van der Waals surface area contributed by atoms with Crippen molar-refractivity contribution in [2.24, 2.45) is 0 Å². The van der Waals surface area contributed by atoms with Crippen LogP contribution in [0.5, 0.6) is 0 Å². The summed E-state index contributed by atoms with van der Waals surface area (Å²) in [6.07, 6.45) is 1.74. The largest absolute Gasteiger partial charge is 0.213 e. The van der Waals surface area contributed by atoms with Crippen molar-refractivity contribution in [2.75, 3.05) is 0 Å². The van der Waals surface area contributed by atoms with Crippen molar-refractivity contribution < 1.29 is 8.68 Å². The third-order valence-electron chi connectivity index (χ3n) is 2.66. The molecule has 0 saturated carbocycles. The van der Waals surface area contributed by atoms with Crippen molar-refractivity contribution in [3.8, 4) is 11.3 Å². The Kier molecular flexibility index (Phi) is 1.01. The monoisotopic (exact) mass is 185 g/mol. The van der Waals surface area contributed by atoms with E-state index in [1.165, 1.54) is 11.1 Å². The van der Waals surface area contributed by atoms with Gasteiger partial charge in [-0.05, 0) is 19.0 Å². The lowest BCUT2D eigenvalue weighted by molar-refractivity contribution is -0.672. The molecule has 0 radical (unpaired) electrons. The molecule has 2 heterocycles. The molecule has 0 bridgehead atoms. The summed E-state index contributed by atoms with van der Waals surface area (Å²) in [7, 11) is 0. The van der Waals surface area contributed by atoms with Crippen LogP contribution in [0.3, 0.4) is 0 Å². The molecule has 0 atom stereocenters. The molecule has 0 aliphatic carbocycles. The molecule has 0 saturated heterocycles. The van der Waals surface area contributed by atoms with E-state index >= 15 is 0 Å². The van der Waals surface area contributed by atoms with E-state index < -0.39 is 6.85 Å². The molecule has 1 aliphatic rings. The van der Waals surface area contributed by atoms with Crippen LogP contribution in [0, 0.1) is 6.85 Å². The topological polar surface area (TPSA) is 3.88 Å². The van der Waals surface area contributed by atoms with Crippen LogP contribution >= 0.6 is 0 Å². The van der Waals surface area contributed by atoms with E-state index in [1.54, 1.807) is 12.3 Å². The molecule has 3 rings (SSSR count). The lowest BCUT2D eigenvalue weighted by Crippen LogP contribution is -2.32. The highest BCUT2D eigenvalue weighted by molar-refractivity contribution is 5.62. The Hall–Kier alpha value is -1.63. The molecule has 1 aromatic carbocycles. The smallest absolute Gasteiger partial charge is 0.194 e. The minimum atomic E-state index is -2.03. The normalized spacial score (nSPS) is 16.4. The summed E-state index contributed by atoms with van der Waals surface area (Å²) < 4.78 is 24.3. The van der Waals surface area contributed by atoms with Gasteiger partial charge in [0.1, 0.15) is 0 Å². The maximum Gasteiger partial charge on any atom is 0.213 e. The zero-order valence-corrected chi connectivity index (χ0v) is 7.70. The number of rotatable bonds is 0. The molecule has 0 unspecified atom stereocenters. The number of hydrogen-bond acceptors (Lipinski definition) is 0. The first-order valence-electron chi connectivity index (χ1n) is 6.18. The van der Waals surface area contributed by atoms with Crippen molar-refractivity contribution in [3.63, 3.8) is 0 Å². The van der Waals surface area contributed by atoms with Gasteiger partial charge in [0, 0.05) is 21.3 Å². The third-order valence-corrected chi connectivity index (χ3v) is 2.66. The first kappa shape index (κ1) is 5.30. The first-order chi connectivity index (χ1) is 8.05. The van der Waals surface area contributed by atoms with Gasteiger partial charge in [0.15, 0.2) is 12.7 Å². The van der Waals surface area contributed by atoms with E-state index in [0.29, 0.717) is 5.56 Å². The summed E-state index contributed by atoms with van der Waals surface area (Å²) in [4.78, 5) is 0. The van der Waals surface area contributed by atoms with Gasteiger partial charge in [-0.1, -0.05) is 18.2 Å². The van der Waals surface area contributed by atoms with E-state index in [1.807, 2.05) is 22.8 Å². The van der Waals surface area contributed by atoms with Crippen LogP contribution in [0.4, 0.5) is 0 Å². The van der Waals surface area contributed by atoms with Crippen LogP contribution < -0.4 is 4.57 Å². The van der Waals surface area contributed by atoms with E-state index in [4.69, 9.17) is 4.11 Å². The predicted octanol–water partition coefficient (Wildman–Crippen LogP) is 2.31. The summed E-state index contributed by atoms with van der Waals surface area (Å²) in [5.74, 6) is 0. The maximum absolute atomic E-state index is 7.42. The third kappa shape index (κ3) is 0.987. The molecule has 2 aromatic rings. The summed E-state index contributed by atoms with van der Waals surface area (Å²) in [5.41, 5.74) is 3.93. The Bertz CT molecular complexity index is 587. The zero-order chi connectivity index (χ0) is 12.0. The summed E-state index contributed by atoms with van der Waals surface area (Å²) in [6.45, 7) is -1.27. The highest BCUT2D eigenvalue weighted by atomic mass is 15.0. The fraction of sp³-hybridized carbons (Fsp3) is 0.154. The average molecular weight is 185 g/mol. The fourth-order valence-corrected chi connectivity index (χ4v) is 2.01. The van der Waals surface area contributed by atoms with Gasteiger partial charge in [-0.15, -0.1) is 0 Å². The van der Waals surface area contributed by atoms with Crippen molar-refractivity contribution in [1.29, 1.82) is 0 Å². The maximum atomic E-state index is 7.42. The second-order valence-corrected chi connectivity index (χ2v) is 3.59. The molecule has 1 heteroatoms. The molecule has 1 aliphatic heterocycles. The second-order valence-electron chi connectivity index (χ2n) is 3.59. The molecule has 14 heavy (non-hydrogen) atoms. The summed E-state index contributed by atoms with van der Waals surface area (Å²) in [5, 5.41) is 0. The predicted molar refractivity (Wildman–Crippen MR) is 55.9 cm³/mol. The Labute approximate surface area is 87.9 Å². The van der Waals surface area contributed by atoms with E-state index in [0.717, 1.165) is 12.2 Å². The van der Waals surface area contributed by atoms with Crippen LogP contribution in [0.15, 0.2) is 42.6 Å². The SMILES string of the molecule is [2H]C([2H])([2H])c1ccc2[n+](c1)Cc1ccccc1-2. The van der Waals surface area contributed by atoms with Crippen LogP contribution in [-0.4, -0.2) is 0 Å². The number of pyridine rings is 1. The lowest BCUT2D eigenvalue weighted by atomic mass is 10.1. The molecule has 68 valence electrons. The number of nitrogens with zero attached hydrogens (tertiary/aromatic N) is 1.